The van der Waals surface area contributed by atoms with Gasteiger partial charge in [0.15, 0.2) is 5.82 Å². The Morgan fingerprint density at radius 3 is 2.72 bits per heavy atom. The lowest BCUT2D eigenvalue weighted by Crippen LogP contribution is -2.41. The van der Waals surface area contributed by atoms with Crippen molar-refractivity contribution in [1.29, 1.82) is 0 Å². The molecule has 154 valence electrons. The Balaban J connectivity index is 1.43. The van der Waals surface area contributed by atoms with E-state index in [-0.39, 0.29) is 4.90 Å². The van der Waals surface area contributed by atoms with Crippen molar-refractivity contribution in [3.8, 4) is 5.88 Å². The minimum Gasteiger partial charge on any atom is -0.478 e. The van der Waals surface area contributed by atoms with E-state index in [0.717, 1.165) is 31.1 Å². The van der Waals surface area contributed by atoms with Crippen LogP contribution in [0.5, 0.6) is 5.88 Å². The third-order valence-corrected chi connectivity index (χ3v) is 7.65. The Labute approximate surface area is 173 Å². The summed E-state index contributed by atoms with van der Waals surface area (Å²) in [5.41, 5.74) is 1.07. The molecule has 2 aromatic heterocycles. The first-order valence-electron chi connectivity index (χ1n) is 9.28. The Morgan fingerprint density at radius 2 is 1.97 bits per heavy atom. The van der Waals surface area contributed by atoms with Gasteiger partial charge < -0.3 is 9.64 Å². The first-order valence-corrected chi connectivity index (χ1v) is 11.5. The maximum atomic E-state index is 13.2. The van der Waals surface area contributed by atoms with Crippen LogP contribution in [0.4, 0.5) is 5.82 Å². The summed E-state index contributed by atoms with van der Waals surface area (Å²) >= 11 is 1.03. The number of ether oxygens (including phenoxy) is 1. The van der Waals surface area contributed by atoms with Crippen LogP contribution in [0.3, 0.4) is 0 Å². The van der Waals surface area contributed by atoms with Gasteiger partial charge in [0.2, 0.25) is 10.0 Å². The fraction of sp³-hybridized carbons (Fsp3) is 0.444. The normalized spacial score (nSPS) is 16.2. The molecule has 0 saturated carbocycles. The van der Waals surface area contributed by atoms with E-state index in [1.807, 2.05) is 11.9 Å². The van der Waals surface area contributed by atoms with Crippen molar-refractivity contribution in [2.24, 2.45) is 5.92 Å². The van der Waals surface area contributed by atoms with Gasteiger partial charge in [-0.05, 0) is 30.9 Å². The average molecular weight is 435 g/mol. The van der Waals surface area contributed by atoms with E-state index in [0.29, 0.717) is 41.7 Å². The summed E-state index contributed by atoms with van der Waals surface area (Å²) < 4.78 is 41.5. The lowest BCUT2D eigenvalue weighted by molar-refractivity contribution is 0.276. The third kappa shape index (κ3) is 3.89. The zero-order valence-electron chi connectivity index (χ0n) is 16.2. The maximum absolute atomic E-state index is 13.2. The summed E-state index contributed by atoms with van der Waals surface area (Å²) in [7, 11) is -0.0692. The molecular formula is C18H22N6O3S2. The summed E-state index contributed by atoms with van der Waals surface area (Å²) in [6, 6.07) is 5.10. The van der Waals surface area contributed by atoms with Crippen LogP contribution < -0.4 is 9.64 Å². The van der Waals surface area contributed by atoms with Crippen LogP contribution in [0.15, 0.2) is 35.5 Å². The van der Waals surface area contributed by atoms with Crippen molar-refractivity contribution in [2.45, 2.75) is 17.7 Å². The van der Waals surface area contributed by atoms with Gasteiger partial charge in [-0.15, -0.1) is 0 Å². The molecule has 1 fully saturated rings. The van der Waals surface area contributed by atoms with Crippen LogP contribution in [-0.4, -0.2) is 65.2 Å². The zero-order chi connectivity index (χ0) is 20.4. The van der Waals surface area contributed by atoms with E-state index in [9.17, 15) is 8.42 Å². The second-order valence-electron chi connectivity index (χ2n) is 7.01. The Hall–Kier alpha value is -2.37. The van der Waals surface area contributed by atoms with Crippen molar-refractivity contribution < 1.29 is 13.2 Å². The predicted molar refractivity (Wildman–Crippen MR) is 111 cm³/mol. The molecule has 4 rings (SSSR count). The van der Waals surface area contributed by atoms with E-state index in [1.165, 1.54) is 0 Å². The number of fused-ring (bicyclic) bond motifs is 1. The van der Waals surface area contributed by atoms with E-state index in [1.54, 1.807) is 42.0 Å². The second kappa shape index (κ2) is 8.17. The van der Waals surface area contributed by atoms with E-state index >= 15 is 0 Å². The third-order valence-electron chi connectivity index (χ3n) is 5.17. The topological polar surface area (TPSA) is 101 Å². The fourth-order valence-electron chi connectivity index (χ4n) is 3.66. The molecule has 9 nitrogen and oxygen atoms in total. The molecule has 1 aromatic carbocycles. The molecule has 3 heterocycles. The molecule has 0 unspecified atom stereocenters. The molecule has 0 aliphatic carbocycles. The molecule has 1 aliphatic rings. The Morgan fingerprint density at radius 1 is 1.21 bits per heavy atom. The highest BCUT2D eigenvalue weighted by Crippen LogP contribution is 2.29. The van der Waals surface area contributed by atoms with Crippen LogP contribution in [0.1, 0.15) is 12.8 Å². The summed E-state index contributed by atoms with van der Waals surface area (Å²) in [4.78, 5) is 10.8. The van der Waals surface area contributed by atoms with Crippen LogP contribution in [0.25, 0.3) is 11.0 Å². The minimum atomic E-state index is -3.59. The standard InChI is InChI=1S/C18H22N6O3S2/c1-23(17-18(27-2)20-9-8-19-17)12-13-6-10-24(11-7-13)29(25,26)15-5-3-4-14-16(15)22-28-21-14/h3-5,8-9,13H,6-7,10-12H2,1-2H3. The molecule has 1 aliphatic heterocycles. The maximum Gasteiger partial charge on any atom is 0.257 e. The molecule has 0 spiro atoms. The Kier molecular flexibility index (Phi) is 5.61. The van der Waals surface area contributed by atoms with Crippen LogP contribution in [-0.2, 0) is 10.0 Å². The minimum absolute atomic E-state index is 0.239. The van der Waals surface area contributed by atoms with Crippen LogP contribution >= 0.6 is 11.7 Å². The summed E-state index contributed by atoms with van der Waals surface area (Å²) in [6.07, 6.45) is 4.78. The highest BCUT2D eigenvalue weighted by atomic mass is 32.2. The van der Waals surface area contributed by atoms with Gasteiger partial charge in [0.25, 0.3) is 5.88 Å². The first kappa shape index (κ1) is 19.9. The van der Waals surface area contributed by atoms with Crippen molar-refractivity contribution in [1.82, 2.24) is 23.0 Å². The number of methoxy groups -OCH3 is 1. The molecule has 0 N–H and O–H groups in total. The number of aromatic nitrogens is 4. The first-order chi connectivity index (χ1) is 14.0. The predicted octanol–water partition coefficient (Wildman–Crippen LogP) is 2.03. The number of nitrogens with zero attached hydrogens (tertiary/aromatic N) is 6. The molecule has 0 atom stereocenters. The van der Waals surface area contributed by atoms with Gasteiger partial charge in [-0.2, -0.15) is 13.1 Å². The number of piperidine rings is 1. The molecule has 0 radical (unpaired) electrons. The second-order valence-corrected chi connectivity index (χ2v) is 9.44. The molecule has 1 saturated heterocycles. The van der Waals surface area contributed by atoms with Crippen molar-refractivity contribution in [3.63, 3.8) is 0 Å². The van der Waals surface area contributed by atoms with E-state index < -0.39 is 10.0 Å². The summed E-state index contributed by atoms with van der Waals surface area (Å²) in [5, 5.41) is 0. The van der Waals surface area contributed by atoms with Gasteiger partial charge in [-0.3, -0.25) is 0 Å². The molecular weight excluding hydrogens is 412 g/mol. The highest BCUT2D eigenvalue weighted by Gasteiger charge is 2.32. The van der Waals surface area contributed by atoms with Crippen LogP contribution in [0, 0.1) is 5.92 Å². The lowest BCUT2D eigenvalue weighted by atomic mass is 9.98. The van der Waals surface area contributed by atoms with Crippen molar-refractivity contribution in [3.05, 3.63) is 30.6 Å². The van der Waals surface area contributed by atoms with Crippen molar-refractivity contribution in [2.75, 3.05) is 38.7 Å². The zero-order valence-corrected chi connectivity index (χ0v) is 17.9. The summed E-state index contributed by atoms with van der Waals surface area (Å²) in [5.74, 6) is 1.53. The molecule has 3 aromatic rings. The van der Waals surface area contributed by atoms with Gasteiger partial charge in [-0.25, -0.2) is 18.4 Å². The van der Waals surface area contributed by atoms with E-state index in [4.69, 9.17) is 4.74 Å². The monoisotopic (exact) mass is 434 g/mol. The largest absolute Gasteiger partial charge is 0.478 e. The number of anilines is 1. The number of rotatable bonds is 6. The average Bonchev–Trinajstić information content (AvgIpc) is 3.23. The fourth-order valence-corrected chi connectivity index (χ4v) is 5.88. The summed E-state index contributed by atoms with van der Waals surface area (Å²) in [6.45, 7) is 1.72. The van der Waals surface area contributed by atoms with E-state index in [2.05, 4.69) is 18.7 Å². The molecule has 11 heteroatoms. The van der Waals surface area contributed by atoms with Gasteiger partial charge in [-0.1, -0.05) is 6.07 Å². The number of benzene rings is 1. The highest BCUT2D eigenvalue weighted by molar-refractivity contribution is 7.89. The quantitative estimate of drug-likeness (QED) is 0.581. The molecule has 29 heavy (non-hydrogen) atoms. The number of hydrogen-bond acceptors (Lipinski definition) is 9. The number of hydrogen-bond donors (Lipinski definition) is 0. The van der Waals surface area contributed by atoms with Crippen LogP contribution in [0.2, 0.25) is 0 Å². The van der Waals surface area contributed by atoms with Gasteiger partial charge in [0, 0.05) is 39.1 Å². The van der Waals surface area contributed by atoms with Gasteiger partial charge >= 0.3 is 0 Å². The Bertz CT molecular complexity index is 1100. The number of sulfonamides is 1. The van der Waals surface area contributed by atoms with Gasteiger partial charge in [0.1, 0.15) is 15.9 Å². The van der Waals surface area contributed by atoms with Gasteiger partial charge in [0.05, 0.1) is 18.8 Å². The van der Waals surface area contributed by atoms with Crippen molar-refractivity contribution >= 4 is 38.6 Å². The smallest absolute Gasteiger partial charge is 0.257 e. The lowest BCUT2D eigenvalue weighted by Gasteiger charge is -2.33. The molecule has 0 bridgehead atoms. The SMILES string of the molecule is COc1nccnc1N(C)CC1CCN(S(=O)(=O)c2cccc3nsnc23)CC1. The molecule has 0 amide bonds.